The number of nitrogens with one attached hydrogen (secondary N) is 1. The molecule has 1 N–H and O–H groups in total. The molecule has 17 heavy (non-hydrogen) atoms. The van der Waals surface area contributed by atoms with E-state index in [0.29, 0.717) is 6.54 Å². The summed E-state index contributed by atoms with van der Waals surface area (Å²) >= 11 is 0. The molecule has 0 spiro atoms. The first-order chi connectivity index (χ1) is 8.29. The van der Waals surface area contributed by atoms with E-state index in [1.54, 1.807) is 12.1 Å². The van der Waals surface area contributed by atoms with E-state index < -0.39 is 0 Å². The first-order valence-corrected chi connectivity index (χ1v) is 6.12. The van der Waals surface area contributed by atoms with Gasteiger partial charge in [-0.15, -0.1) is 0 Å². The molecule has 2 rings (SSSR count). The average Bonchev–Trinajstić information content (AvgIpc) is 2.37. The van der Waals surface area contributed by atoms with Gasteiger partial charge in [-0.1, -0.05) is 6.92 Å². The second-order valence-electron chi connectivity index (χ2n) is 4.20. The molecule has 0 aromatic heterocycles. The Morgan fingerprint density at radius 1 is 1.29 bits per heavy atom. The SMILES string of the molecule is CCNCc1cc(F)cc(N2CCOCC2)c1. The third-order valence-electron chi connectivity index (χ3n) is 2.90. The topological polar surface area (TPSA) is 24.5 Å². The van der Waals surface area contributed by atoms with E-state index in [-0.39, 0.29) is 5.82 Å². The predicted molar refractivity (Wildman–Crippen MR) is 66.8 cm³/mol. The minimum atomic E-state index is -0.165. The van der Waals surface area contributed by atoms with Crippen molar-refractivity contribution in [3.05, 3.63) is 29.6 Å². The average molecular weight is 238 g/mol. The number of hydrogen-bond acceptors (Lipinski definition) is 3. The summed E-state index contributed by atoms with van der Waals surface area (Å²) in [6.07, 6.45) is 0. The Morgan fingerprint density at radius 2 is 2.06 bits per heavy atom. The Balaban J connectivity index is 2.12. The van der Waals surface area contributed by atoms with Crippen molar-refractivity contribution in [2.75, 3.05) is 37.7 Å². The molecule has 1 aliphatic heterocycles. The number of anilines is 1. The summed E-state index contributed by atoms with van der Waals surface area (Å²) in [5.74, 6) is -0.165. The van der Waals surface area contributed by atoms with E-state index in [1.807, 2.05) is 6.92 Å². The van der Waals surface area contributed by atoms with Crippen molar-refractivity contribution >= 4 is 5.69 Å². The van der Waals surface area contributed by atoms with Crippen LogP contribution in [0.4, 0.5) is 10.1 Å². The minimum absolute atomic E-state index is 0.165. The molecular weight excluding hydrogens is 219 g/mol. The first-order valence-electron chi connectivity index (χ1n) is 6.12. The lowest BCUT2D eigenvalue weighted by molar-refractivity contribution is 0.122. The van der Waals surface area contributed by atoms with Gasteiger partial charge in [0, 0.05) is 25.3 Å². The second kappa shape index (κ2) is 5.98. The third kappa shape index (κ3) is 3.41. The molecule has 0 radical (unpaired) electrons. The molecule has 0 aliphatic carbocycles. The van der Waals surface area contributed by atoms with Crippen LogP contribution in [0.15, 0.2) is 18.2 Å². The van der Waals surface area contributed by atoms with Crippen molar-refractivity contribution in [2.45, 2.75) is 13.5 Å². The third-order valence-corrected chi connectivity index (χ3v) is 2.90. The van der Waals surface area contributed by atoms with E-state index in [1.165, 1.54) is 0 Å². The van der Waals surface area contributed by atoms with Gasteiger partial charge in [0.1, 0.15) is 5.82 Å². The number of benzene rings is 1. The molecule has 1 fully saturated rings. The summed E-state index contributed by atoms with van der Waals surface area (Å²) in [6.45, 7) is 6.77. The fourth-order valence-electron chi connectivity index (χ4n) is 2.01. The summed E-state index contributed by atoms with van der Waals surface area (Å²) in [4.78, 5) is 2.17. The highest BCUT2D eigenvalue weighted by molar-refractivity contribution is 5.49. The van der Waals surface area contributed by atoms with Gasteiger partial charge in [-0.3, -0.25) is 0 Å². The van der Waals surface area contributed by atoms with Gasteiger partial charge >= 0.3 is 0 Å². The standard InChI is InChI=1S/C13H19FN2O/c1-2-15-10-11-7-12(14)9-13(8-11)16-3-5-17-6-4-16/h7-9,15H,2-6,10H2,1H3. The molecule has 0 bridgehead atoms. The van der Waals surface area contributed by atoms with Crippen LogP contribution in [-0.2, 0) is 11.3 Å². The number of nitrogens with zero attached hydrogens (tertiary/aromatic N) is 1. The Morgan fingerprint density at radius 3 is 2.76 bits per heavy atom. The quantitative estimate of drug-likeness (QED) is 0.865. The lowest BCUT2D eigenvalue weighted by Gasteiger charge is -2.29. The number of halogens is 1. The van der Waals surface area contributed by atoms with Gasteiger partial charge in [-0.2, -0.15) is 0 Å². The molecule has 4 heteroatoms. The summed E-state index contributed by atoms with van der Waals surface area (Å²) in [5, 5.41) is 3.21. The second-order valence-corrected chi connectivity index (χ2v) is 4.20. The predicted octanol–water partition coefficient (Wildman–Crippen LogP) is 1.77. The normalized spacial score (nSPS) is 16.2. The van der Waals surface area contributed by atoms with E-state index in [9.17, 15) is 4.39 Å². The monoisotopic (exact) mass is 238 g/mol. The van der Waals surface area contributed by atoms with Crippen LogP contribution in [0.25, 0.3) is 0 Å². The summed E-state index contributed by atoms with van der Waals surface area (Å²) < 4.78 is 18.8. The molecule has 94 valence electrons. The Hall–Kier alpha value is -1.13. The summed E-state index contributed by atoms with van der Waals surface area (Å²) in [6, 6.07) is 5.24. The molecule has 1 aromatic rings. The van der Waals surface area contributed by atoms with Crippen molar-refractivity contribution in [3.63, 3.8) is 0 Å². The Bertz CT molecular complexity index is 364. The maximum Gasteiger partial charge on any atom is 0.125 e. The van der Waals surface area contributed by atoms with Gasteiger partial charge < -0.3 is 15.0 Å². The molecular formula is C13H19FN2O. The highest BCUT2D eigenvalue weighted by atomic mass is 19.1. The van der Waals surface area contributed by atoms with E-state index >= 15 is 0 Å². The first kappa shape index (κ1) is 12.3. The summed E-state index contributed by atoms with van der Waals surface area (Å²) in [7, 11) is 0. The smallest absolute Gasteiger partial charge is 0.125 e. The van der Waals surface area contributed by atoms with Crippen molar-refractivity contribution in [1.29, 1.82) is 0 Å². The van der Waals surface area contributed by atoms with Crippen molar-refractivity contribution in [2.24, 2.45) is 0 Å². The van der Waals surface area contributed by atoms with Crippen LogP contribution < -0.4 is 10.2 Å². The van der Waals surface area contributed by atoms with Gasteiger partial charge in [-0.05, 0) is 30.3 Å². The lowest BCUT2D eigenvalue weighted by atomic mass is 10.1. The molecule has 0 saturated carbocycles. The largest absolute Gasteiger partial charge is 0.378 e. The van der Waals surface area contributed by atoms with Gasteiger partial charge in [0.25, 0.3) is 0 Å². The molecule has 3 nitrogen and oxygen atoms in total. The lowest BCUT2D eigenvalue weighted by Crippen LogP contribution is -2.36. The number of hydrogen-bond donors (Lipinski definition) is 1. The number of morpholine rings is 1. The number of rotatable bonds is 4. The maximum absolute atomic E-state index is 13.5. The fourth-order valence-corrected chi connectivity index (χ4v) is 2.01. The zero-order chi connectivity index (χ0) is 12.1. The summed E-state index contributed by atoms with van der Waals surface area (Å²) in [5.41, 5.74) is 1.95. The van der Waals surface area contributed by atoms with Crippen molar-refractivity contribution < 1.29 is 9.13 Å². The van der Waals surface area contributed by atoms with Crippen LogP contribution >= 0.6 is 0 Å². The molecule has 0 atom stereocenters. The maximum atomic E-state index is 13.5. The Labute approximate surface area is 102 Å². The van der Waals surface area contributed by atoms with Crippen molar-refractivity contribution in [3.8, 4) is 0 Å². The van der Waals surface area contributed by atoms with Crippen LogP contribution in [0.3, 0.4) is 0 Å². The molecule has 0 unspecified atom stereocenters. The van der Waals surface area contributed by atoms with Crippen LogP contribution in [0, 0.1) is 5.82 Å². The van der Waals surface area contributed by atoms with Crippen molar-refractivity contribution in [1.82, 2.24) is 5.32 Å². The van der Waals surface area contributed by atoms with Crippen LogP contribution in [0.1, 0.15) is 12.5 Å². The minimum Gasteiger partial charge on any atom is -0.378 e. The van der Waals surface area contributed by atoms with Gasteiger partial charge in [0.15, 0.2) is 0 Å². The van der Waals surface area contributed by atoms with E-state index in [0.717, 1.165) is 44.1 Å². The molecule has 0 amide bonds. The molecule has 1 aromatic carbocycles. The number of ether oxygens (including phenoxy) is 1. The highest BCUT2D eigenvalue weighted by Crippen LogP contribution is 2.19. The molecule has 1 saturated heterocycles. The van der Waals surface area contributed by atoms with Gasteiger partial charge in [-0.25, -0.2) is 4.39 Å². The zero-order valence-corrected chi connectivity index (χ0v) is 10.2. The fraction of sp³-hybridized carbons (Fsp3) is 0.538. The van der Waals surface area contributed by atoms with Crippen LogP contribution in [0.2, 0.25) is 0 Å². The van der Waals surface area contributed by atoms with E-state index in [4.69, 9.17) is 4.74 Å². The van der Waals surface area contributed by atoms with Crippen LogP contribution in [0.5, 0.6) is 0 Å². The highest BCUT2D eigenvalue weighted by Gasteiger charge is 2.12. The molecule has 1 heterocycles. The zero-order valence-electron chi connectivity index (χ0n) is 10.2. The van der Waals surface area contributed by atoms with Crippen LogP contribution in [-0.4, -0.2) is 32.8 Å². The van der Waals surface area contributed by atoms with Gasteiger partial charge in [0.05, 0.1) is 13.2 Å². The Kier molecular flexibility index (Phi) is 4.34. The van der Waals surface area contributed by atoms with Gasteiger partial charge in [0.2, 0.25) is 0 Å². The van der Waals surface area contributed by atoms with E-state index in [2.05, 4.69) is 16.3 Å². The molecule has 1 aliphatic rings.